The first kappa shape index (κ1) is 13.4. The molecule has 5 heteroatoms. The van der Waals surface area contributed by atoms with Gasteiger partial charge in [0.1, 0.15) is 17.1 Å². The average Bonchev–Trinajstić information content (AvgIpc) is 2.37. The van der Waals surface area contributed by atoms with Gasteiger partial charge in [-0.3, -0.25) is 4.79 Å². The summed E-state index contributed by atoms with van der Waals surface area (Å²) in [5, 5.41) is 0.176. The quantitative estimate of drug-likeness (QED) is 0.693. The number of ether oxygens (including phenoxy) is 1. The van der Waals surface area contributed by atoms with Crippen molar-refractivity contribution in [3.63, 3.8) is 0 Å². The Kier molecular flexibility index (Phi) is 3.71. The molecule has 0 unspecified atom stereocenters. The molecule has 0 radical (unpaired) electrons. The molecule has 0 aliphatic rings. The molecule has 0 spiro atoms. The third kappa shape index (κ3) is 2.53. The van der Waals surface area contributed by atoms with Crippen LogP contribution in [0.3, 0.4) is 0 Å². The predicted octanol–water partition coefficient (Wildman–Crippen LogP) is 3.30. The maximum absolute atomic E-state index is 13.8. The Balaban J connectivity index is 2.56. The molecule has 98 valence electrons. The summed E-state index contributed by atoms with van der Waals surface area (Å²) >= 11 is 5.96. The average molecular weight is 280 g/mol. The summed E-state index contributed by atoms with van der Waals surface area (Å²) in [7, 11) is 1.37. The Morgan fingerprint density at radius 1 is 1.32 bits per heavy atom. The van der Waals surface area contributed by atoms with Crippen LogP contribution in [0.4, 0.5) is 10.1 Å². The van der Waals surface area contributed by atoms with Crippen LogP contribution in [-0.2, 0) is 0 Å². The molecule has 0 saturated heterocycles. The van der Waals surface area contributed by atoms with Gasteiger partial charge in [-0.1, -0.05) is 17.7 Å². The minimum absolute atomic E-state index is 0.142. The zero-order chi connectivity index (χ0) is 14.0. The number of carbonyl (C=O) groups is 1. The lowest BCUT2D eigenvalue weighted by Gasteiger charge is -2.09. The van der Waals surface area contributed by atoms with Gasteiger partial charge in [0.2, 0.25) is 5.78 Å². The number of nitrogens with two attached hydrogens (primary N) is 1. The van der Waals surface area contributed by atoms with E-state index in [0.717, 1.165) is 0 Å². The number of ketones is 1. The van der Waals surface area contributed by atoms with Crippen molar-refractivity contribution in [1.29, 1.82) is 0 Å². The summed E-state index contributed by atoms with van der Waals surface area (Å²) in [4.78, 5) is 12.3. The maximum Gasteiger partial charge on any atom is 0.201 e. The molecule has 0 atom stereocenters. The van der Waals surface area contributed by atoms with Gasteiger partial charge in [-0.15, -0.1) is 0 Å². The highest BCUT2D eigenvalue weighted by atomic mass is 35.5. The number of carbonyl (C=O) groups excluding carboxylic acids is 1. The summed E-state index contributed by atoms with van der Waals surface area (Å²) < 4.78 is 18.8. The van der Waals surface area contributed by atoms with Crippen molar-refractivity contribution in [3.8, 4) is 5.75 Å². The fraction of sp³-hybridized carbons (Fsp3) is 0.0714. The lowest BCUT2D eigenvalue weighted by Crippen LogP contribution is -2.07. The first-order valence-electron chi connectivity index (χ1n) is 5.47. The molecule has 2 aromatic carbocycles. The number of anilines is 1. The summed E-state index contributed by atoms with van der Waals surface area (Å²) in [6.07, 6.45) is 0. The lowest BCUT2D eigenvalue weighted by molar-refractivity contribution is 0.103. The van der Waals surface area contributed by atoms with Gasteiger partial charge in [-0.05, 0) is 30.3 Å². The molecule has 3 nitrogen and oxygen atoms in total. The number of benzene rings is 2. The van der Waals surface area contributed by atoms with Crippen molar-refractivity contribution in [2.75, 3.05) is 12.8 Å². The van der Waals surface area contributed by atoms with E-state index in [9.17, 15) is 9.18 Å². The van der Waals surface area contributed by atoms with Crippen LogP contribution in [0.15, 0.2) is 36.4 Å². The van der Waals surface area contributed by atoms with Crippen LogP contribution in [-0.4, -0.2) is 12.9 Å². The molecule has 0 saturated carbocycles. The number of hydrogen-bond donors (Lipinski definition) is 1. The molecule has 0 amide bonds. The normalized spacial score (nSPS) is 10.3. The number of methoxy groups -OCH3 is 1. The monoisotopic (exact) mass is 279 g/mol. The van der Waals surface area contributed by atoms with Crippen LogP contribution >= 0.6 is 11.6 Å². The second kappa shape index (κ2) is 5.28. The Labute approximate surface area is 114 Å². The van der Waals surface area contributed by atoms with E-state index in [2.05, 4.69) is 0 Å². The second-order valence-electron chi connectivity index (χ2n) is 3.89. The molecule has 2 N–H and O–H groups in total. The Morgan fingerprint density at radius 2 is 2.05 bits per heavy atom. The SMILES string of the molecule is COc1cccc(F)c1C(=O)c1ccc(N)cc1Cl. The highest BCUT2D eigenvalue weighted by molar-refractivity contribution is 6.35. The first-order valence-corrected chi connectivity index (χ1v) is 5.84. The molecule has 2 rings (SSSR count). The molecule has 0 fully saturated rings. The van der Waals surface area contributed by atoms with E-state index in [1.54, 1.807) is 0 Å². The minimum atomic E-state index is -0.655. The maximum atomic E-state index is 13.8. The molecule has 0 bridgehead atoms. The fourth-order valence-corrected chi connectivity index (χ4v) is 2.02. The van der Waals surface area contributed by atoms with Crippen molar-refractivity contribution in [2.45, 2.75) is 0 Å². The largest absolute Gasteiger partial charge is 0.496 e. The van der Waals surface area contributed by atoms with E-state index in [1.807, 2.05) is 0 Å². The highest BCUT2D eigenvalue weighted by Crippen LogP contribution is 2.28. The van der Waals surface area contributed by atoms with Gasteiger partial charge < -0.3 is 10.5 Å². The zero-order valence-electron chi connectivity index (χ0n) is 10.1. The first-order chi connectivity index (χ1) is 9.04. The van der Waals surface area contributed by atoms with Crippen LogP contribution < -0.4 is 10.5 Å². The van der Waals surface area contributed by atoms with E-state index in [-0.39, 0.29) is 21.9 Å². The Morgan fingerprint density at radius 3 is 2.68 bits per heavy atom. The predicted molar refractivity (Wildman–Crippen MR) is 72.2 cm³/mol. The standard InChI is InChI=1S/C14H11ClFNO2/c1-19-12-4-2-3-11(16)13(12)14(18)9-6-5-8(17)7-10(9)15/h2-7H,17H2,1H3. The van der Waals surface area contributed by atoms with Gasteiger partial charge in [-0.2, -0.15) is 0 Å². The highest BCUT2D eigenvalue weighted by Gasteiger charge is 2.21. The van der Waals surface area contributed by atoms with E-state index >= 15 is 0 Å². The minimum Gasteiger partial charge on any atom is -0.496 e. The van der Waals surface area contributed by atoms with E-state index < -0.39 is 11.6 Å². The Bertz CT molecular complexity index is 643. The van der Waals surface area contributed by atoms with Crippen LogP contribution in [0.2, 0.25) is 5.02 Å². The van der Waals surface area contributed by atoms with Gasteiger partial charge >= 0.3 is 0 Å². The van der Waals surface area contributed by atoms with Crippen molar-refractivity contribution in [2.24, 2.45) is 0 Å². The van der Waals surface area contributed by atoms with Crippen molar-refractivity contribution in [3.05, 3.63) is 58.4 Å². The summed E-state index contributed by atoms with van der Waals surface area (Å²) in [5.41, 5.74) is 6.03. The summed E-state index contributed by atoms with van der Waals surface area (Å²) in [6, 6.07) is 8.62. The van der Waals surface area contributed by atoms with Crippen LogP contribution in [0.5, 0.6) is 5.75 Å². The smallest absolute Gasteiger partial charge is 0.201 e. The van der Waals surface area contributed by atoms with Crippen LogP contribution in [0, 0.1) is 5.82 Å². The molecule has 0 heterocycles. The topological polar surface area (TPSA) is 52.3 Å². The lowest BCUT2D eigenvalue weighted by atomic mass is 10.0. The Hall–Kier alpha value is -2.07. The summed E-state index contributed by atoms with van der Waals surface area (Å²) in [6.45, 7) is 0. The third-order valence-corrected chi connectivity index (χ3v) is 2.97. The number of nitrogen functional groups attached to an aromatic ring is 1. The van der Waals surface area contributed by atoms with Crippen molar-refractivity contribution < 1.29 is 13.9 Å². The van der Waals surface area contributed by atoms with E-state index in [1.165, 1.54) is 43.5 Å². The van der Waals surface area contributed by atoms with Crippen LogP contribution in [0.1, 0.15) is 15.9 Å². The molecule has 0 aliphatic heterocycles. The van der Waals surface area contributed by atoms with Gasteiger partial charge in [0.05, 0.1) is 12.1 Å². The molecular formula is C14H11ClFNO2. The molecule has 0 aliphatic carbocycles. The van der Waals surface area contributed by atoms with Gasteiger partial charge in [0, 0.05) is 11.3 Å². The molecule has 19 heavy (non-hydrogen) atoms. The van der Waals surface area contributed by atoms with Crippen LogP contribution in [0.25, 0.3) is 0 Å². The number of halogens is 2. The second-order valence-corrected chi connectivity index (χ2v) is 4.29. The van der Waals surface area contributed by atoms with E-state index in [4.69, 9.17) is 22.1 Å². The number of rotatable bonds is 3. The molecule has 2 aromatic rings. The van der Waals surface area contributed by atoms with Gasteiger partial charge in [0.25, 0.3) is 0 Å². The fourth-order valence-electron chi connectivity index (χ4n) is 1.74. The van der Waals surface area contributed by atoms with Gasteiger partial charge in [0.15, 0.2) is 0 Å². The van der Waals surface area contributed by atoms with Crippen molar-refractivity contribution in [1.82, 2.24) is 0 Å². The van der Waals surface area contributed by atoms with Gasteiger partial charge in [-0.25, -0.2) is 4.39 Å². The van der Waals surface area contributed by atoms with E-state index in [0.29, 0.717) is 5.69 Å². The third-order valence-electron chi connectivity index (χ3n) is 2.66. The molecular weight excluding hydrogens is 269 g/mol. The zero-order valence-corrected chi connectivity index (χ0v) is 10.9. The molecule has 0 aromatic heterocycles. The number of hydrogen-bond acceptors (Lipinski definition) is 3. The van der Waals surface area contributed by atoms with Crippen molar-refractivity contribution >= 4 is 23.1 Å². The summed E-state index contributed by atoms with van der Waals surface area (Å²) in [5.74, 6) is -1.03.